The third kappa shape index (κ3) is 4.45. The molecule has 8 heteroatoms. The number of carbonyl (C=O) groups excluding carboxylic acids is 1. The van der Waals surface area contributed by atoms with Gasteiger partial charge in [0.2, 0.25) is 11.9 Å². The summed E-state index contributed by atoms with van der Waals surface area (Å²) in [5, 5.41) is 5.57. The Kier molecular flexibility index (Phi) is 6.39. The van der Waals surface area contributed by atoms with Crippen LogP contribution in [0.25, 0.3) is 15.9 Å². The van der Waals surface area contributed by atoms with Gasteiger partial charge in [0, 0.05) is 24.7 Å². The monoisotopic (exact) mass is 492 g/mol. The Bertz CT molecular complexity index is 1410. The third-order valence-corrected chi connectivity index (χ3v) is 7.47. The first-order valence-electron chi connectivity index (χ1n) is 11.3. The predicted octanol–water partition coefficient (Wildman–Crippen LogP) is 4.94. The number of benzene rings is 2. The summed E-state index contributed by atoms with van der Waals surface area (Å²) in [6.45, 7) is 3.64. The van der Waals surface area contributed by atoms with E-state index in [9.17, 15) is 9.59 Å². The molecule has 174 valence electrons. The largest absolute Gasteiger partial charge is 0.352 e. The molecular formula is C26H25ClN4O2S. The van der Waals surface area contributed by atoms with Gasteiger partial charge in [0.15, 0.2) is 0 Å². The second-order valence-electron chi connectivity index (χ2n) is 8.62. The number of amides is 1. The molecule has 2 aromatic heterocycles. The molecule has 2 aromatic carbocycles. The molecule has 1 amide bonds. The molecule has 1 aliphatic heterocycles. The number of halogens is 1. The Morgan fingerprint density at radius 2 is 2.06 bits per heavy atom. The van der Waals surface area contributed by atoms with Gasteiger partial charge in [0.05, 0.1) is 17.1 Å². The Balaban J connectivity index is 1.44. The lowest BCUT2D eigenvalue weighted by Gasteiger charge is -2.34. The smallest absolute Gasteiger partial charge is 0.277 e. The van der Waals surface area contributed by atoms with Crippen molar-refractivity contribution in [3.05, 3.63) is 86.5 Å². The van der Waals surface area contributed by atoms with Crippen LogP contribution >= 0.6 is 22.9 Å². The molecular weight excluding hydrogens is 468 g/mol. The molecule has 5 rings (SSSR count). The first-order valence-corrected chi connectivity index (χ1v) is 12.6. The van der Waals surface area contributed by atoms with Crippen molar-refractivity contribution < 1.29 is 4.79 Å². The van der Waals surface area contributed by atoms with Gasteiger partial charge < -0.3 is 10.2 Å². The maximum Gasteiger partial charge on any atom is 0.277 e. The molecule has 0 spiro atoms. The van der Waals surface area contributed by atoms with Crippen molar-refractivity contribution in [2.24, 2.45) is 5.92 Å². The van der Waals surface area contributed by atoms with Crippen LogP contribution < -0.4 is 15.8 Å². The molecule has 34 heavy (non-hydrogen) atoms. The number of nitrogens with one attached hydrogen (secondary N) is 1. The van der Waals surface area contributed by atoms with Crippen molar-refractivity contribution >= 4 is 45.0 Å². The lowest BCUT2D eigenvalue weighted by Crippen LogP contribution is -2.45. The summed E-state index contributed by atoms with van der Waals surface area (Å²) in [5.74, 6) is 0.382. The molecule has 1 unspecified atom stereocenters. The van der Waals surface area contributed by atoms with Crippen molar-refractivity contribution in [1.82, 2.24) is 14.9 Å². The van der Waals surface area contributed by atoms with Crippen LogP contribution in [-0.4, -0.2) is 28.5 Å². The maximum atomic E-state index is 13.5. The first-order chi connectivity index (χ1) is 16.5. The SMILES string of the molecule is Cc1cccc(-n2c(N3CCCC(C(=O)NCc4ccccc4Cl)C3)nc3ccsc3c2=O)c1. The summed E-state index contributed by atoms with van der Waals surface area (Å²) in [5.41, 5.74) is 3.36. The van der Waals surface area contributed by atoms with Gasteiger partial charge in [-0.25, -0.2) is 9.55 Å². The van der Waals surface area contributed by atoms with Crippen LogP contribution in [-0.2, 0) is 11.3 Å². The fraction of sp³-hybridized carbons (Fsp3) is 0.269. The summed E-state index contributed by atoms with van der Waals surface area (Å²) in [6.07, 6.45) is 1.63. The number of fused-ring (bicyclic) bond motifs is 1. The summed E-state index contributed by atoms with van der Waals surface area (Å²) in [7, 11) is 0. The van der Waals surface area contributed by atoms with E-state index in [1.165, 1.54) is 11.3 Å². The highest BCUT2D eigenvalue weighted by atomic mass is 35.5. The number of aryl methyl sites for hydroxylation is 1. The summed E-state index contributed by atoms with van der Waals surface area (Å²) < 4.78 is 2.33. The van der Waals surface area contributed by atoms with Gasteiger partial charge in [0.25, 0.3) is 5.56 Å². The highest BCUT2D eigenvalue weighted by Gasteiger charge is 2.29. The molecule has 0 radical (unpaired) electrons. The number of anilines is 1. The Morgan fingerprint density at radius 3 is 2.88 bits per heavy atom. The summed E-state index contributed by atoms with van der Waals surface area (Å²) >= 11 is 7.64. The van der Waals surface area contributed by atoms with E-state index < -0.39 is 0 Å². The number of carbonyl (C=O) groups is 1. The third-order valence-electron chi connectivity index (χ3n) is 6.21. The van der Waals surface area contributed by atoms with E-state index >= 15 is 0 Å². The highest BCUT2D eigenvalue weighted by Crippen LogP contribution is 2.27. The molecule has 3 heterocycles. The molecule has 1 atom stereocenters. The quantitative estimate of drug-likeness (QED) is 0.428. The number of nitrogens with zero attached hydrogens (tertiary/aromatic N) is 3. The number of piperidine rings is 1. The standard InChI is InChI=1S/C26H25ClN4O2S/c1-17-6-4-9-20(14-17)31-25(33)23-22(11-13-34-23)29-26(31)30-12-5-8-19(16-30)24(32)28-15-18-7-2-3-10-21(18)27/h2-4,6-7,9-11,13-14,19H,5,8,12,15-16H2,1H3,(H,28,32). The molecule has 1 fully saturated rings. The zero-order valence-electron chi connectivity index (χ0n) is 18.8. The molecule has 6 nitrogen and oxygen atoms in total. The molecule has 1 saturated heterocycles. The zero-order chi connectivity index (χ0) is 23.7. The van der Waals surface area contributed by atoms with Crippen LogP contribution in [0.1, 0.15) is 24.0 Å². The number of aromatic nitrogens is 2. The van der Waals surface area contributed by atoms with Crippen LogP contribution in [0.15, 0.2) is 64.8 Å². The van der Waals surface area contributed by atoms with E-state index in [2.05, 4.69) is 10.2 Å². The molecule has 4 aromatic rings. The molecule has 0 saturated carbocycles. The predicted molar refractivity (Wildman–Crippen MR) is 138 cm³/mol. The minimum Gasteiger partial charge on any atom is -0.352 e. The highest BCUT2D eigenvalue weighted by molar-refractivity contribution is 7.17. The average Bonchev–Trinajstić information content (AvgIpc) is 3.32. The topological polar surface area (TPSA) is 67.2 Å². The lowest BCUT2D eigenvalue weighted by molar-refractivity contribution is -0.125. The van der Waals surface area contributed by atoms with Crippen LogP contribution in [0.5, 0.6) is 0 Å². The minimum absolute atomic E-state index is 0.00863. The minimum atomic E-state index is -0.197. The maximum absolute atomic E-state index is 13.5. The normalized spacial score (nSPS) is 16.1. The van der Waals surface area contributed by atoms with Gasteiger partial charge in [-0.3, -0.25) is 9.59 Å². The van der Waals surface area contributed by atoms with Gasteiger partial charge in [-0.15, -0.1) is 11.3 Å². The van der Waals surface area contributed by atoms with Crippen LogP contribution in [0.2, 0.25) is 5.02 Å². The van der Waals surface area contributed by atoms with Gasteiger partial charge in [-0.05, 0) is 60.5 Å². The molecule has 0 bridgehead atoms. The van der Waals surface area contributed by atoms with Crippen molar-refractivity contribution in [2.75, 3.05) is 18.0 Å². The van der Waals surface area contributed by atoms with E-state index in [4.69, 9.17) is 16.6 Å². The van der Waals surface area contributed by atoms with Crippen LogP contribution in [0.4, 0.5) is 5.95 Å². The number of hydrogen-bond donors (Lipinski definition) is 1. The Morgan fingerprint density at radius 1 is 1.21 bits per heavy atom. The van der Waals surface area contributed by atoms with Crippen LogP contribution in [0.3, 0.4) is 0 Å². The van der Waals surface area contributed by atoms with Crippen LogP contribution in [0, 0.1) is 12.8 Å². The van der Waals surface area contributed by atoms with Crippen molar-refractivity contribution in [3.63, 3.8) is 0 Å². The fourth-order valence-electron chi connectivity index (χ4n) is 4.45. The summed E-state index contributed by atoms with van der Waals surface area (Å²) in [4.78, 5) is 33.5. The number of hydrogen-bond acceptors (Lipinski definition) is 5. The summed E-state index contributed by atoms with van der Waals surface area (Å²) in [6, 6.07) is 17.3. The first kappa shape index (κ1) is 22.6. The fourth-order valence-corrected chi connectivity index (χ4v) is 5.42. The zero-order valence-corrected chi connectivity index (χ0v) is 20.4. The van der Waals surface area contributed by atoms with Gasteiger partial charge in [-0.2, -0.15) is 0 Å². The molecule has 1 aliphatic rings. The number of rotatable bonds is 5. The van der Waals surface area contributed by atoms with Crippen molar-refractivity contribution in [1.29, 1.82) is 0 Å². The van der Waals surface area contributed by atoms with E-state index in [0.29, 0.717) is 34.3 Å². The Labute approximate surface area is 206 Å². The van der Waals surface area contributed by atoms with Gasteiger partial charge in [0.1, 0.15) is 4.70 Å². The average molecular weight is 493 g/mol. The van der Waals surface area contributed by atoms with E-state index in [1.807, 2.05) is 66.9 Å². The Hall–Kier alpha value is -3.16. The van der Waals surface area contributed by atoms with E-state index in [0.717, 1.165) is 36.2 Å². The number of thiophene rings is 1. The van der Waals surface area contributed by atoms with Crippen molar-refractivity contribution in [3.8, 4) is 5.69 Å². The van der Waals surface area contributed by atoms with E-state index in [-0.39, 0.29) is 17.4 Å². The van der Waals surface area contributed by atoms with E-state index in [1.54, 1.807) is 4.57 Å². The van der Waals surface area contributed by atoms with Gasteiger partial charge >= 0.3 is 0 Å². The van der Waals surface area contributed by atoms with Crippen molar-refractivity contribution in [2.45, 2.75) is 26.3 Å². The van der Waals surface area contributed by atoms with Gasteiger partial charge in [-0.1, -0.05) is 41.9 Å². The second kappa shape index (κ2) is 9.60. The molecule has 0 aliphatic carbocycles. The second-order valence-corrected chi connectivity index (χ2v) is 9.94. The lowest BCUT2D eigenvalue weighted by atomic mass is 9.97. The molecule has 1 N–H and O–H groups in total.